The van der Waals surface area contributed by atoms with Crippen LogP contribution in [0.25, 0.3) is 0 Å². The van der Waals surface area contributed by atoms with E-state index in [-0.39, 0.29) is 17.9 Å². The maximum Gasteiger partial charge on any atom is 0.264 e. The van der Waals surface area contributed by atoms with E-state index in [1.807, 2.05) is 0 Å². The minimum atomic E-state index is -4.45. The van der Waals surface area contributed by atoms with Crippen LogP contribution in [0.15, 0.2) is 17.0 Å². The minimum Gasteiger partial charge on any atom is -0.351 e. The lowest BCUT2D eigenvalue weighted by molar-refractivity contribution is 0.0949. The molecule has 10 heteroatoms. The molecule has 5 nitrogen and oxygen atoms in total. The van der Waals surface area contributed by atoms with Crippen LogP contribution in [0.1, 0.15) is 17.3 Å². The number of halogens is 3. The summed E-state index contributed by atoms with van der Waals surface area (Å²) >= 11 is 0. The topological polar surface area (TPSA) is 80.3 Å². The van der Waals surface area contributed by atoms with Crippen LogP contribution in [-0.4, -0.2) is 36.6 Å². The van der Waals surface area contributed by atoms with Crippen molar-refractivity contribution in [3.63, 3.8) is 0 Å². The van der Waals surface area contributed by atoms with Crippen LogP contribution in [-0.2, 0) is 19.9 Å². The van der Waals surface area contributed by atoms with Crippen LogP contribution in [0.2, 0.25) is 0 Å². The van der Waals surface area contributed by atoms with Crippen molar-refractivity contribution in [2.75, 3.05) is 12.8 Å². The number of amides is 1. The molecule has 0 aromatic heterocycles. The van der Waals surface area contributed by atoms with Gasteiger partial charge in [-0.25, -0.2) is 17.2 Å². The maximum atomic E-state index is 13.6. The van der Waals surface area contributed by atoms with Crippen molar-refractivity contribution < 1.29 is 26.2 Å². The second kappa shape index (κ2) is 6.80. The van der Waals surface area contributed by atoms with Crippen molar-refractivity contribution in [2.24, 2.45) is 0 Å². The van der Waals surface area contributed by atoms with Crippen LogP contribution in [0.3, 0.4) is 0 Å². The van der Waals surface area contributed by atoms with Crippen molar-refractivity contribution >= 4 is 36.4 Å². The Morgan fingerprint density at radius 1 is 1.38 bits per heavy atom. The van der Waals surface area contributed by atoms with E-state index in [1.165, 1.54) is 6.26 Å². The van der Waals surface area contributed by atoms with Crippen molar-refractivity contribution in [3.8, 4) is 0 Å². The van der Waals surface area contributed by atoms with E-state index in [9.17, 15) is 26.2 Å². The summed E-state index contributed by atoms with van der Waals surface area (Å²) in [5.41, 5.74) is -0.662. The number of carbonyl (C=O) groups is 1. The molecule has 2 unspecified atom stereocenters. The second-order valence-corrected chi connectivity index (χ2v) is 8.56. The lowest BCUT2D eigenvalue weighted by Gasteiger charge is -2.11. The van der Waals surface area contributed by atoms with Crippen LogP contribution in [0, 0.1) is 11.6 Å². The van der Waals surface area contributed by atoms with Crippen LogP contribution >= 0.6 is 10.7 Å². The molecule has 0 aliphatic heterocycles. The van der Waals surface area contributed by atoms with E-state index in [4.69, 9.17) is 10.7 Å². The SMILES string of the molecule is CC(CNC(=O)c1cc(S(=O)(=O)Cl)c(F)cc1F)S(C)=O. The molecule has 118 valence electrons. The Bertz CT molecular complexity index is 694. The van der Waals surface area contributed by atoms with Gasteiger partial charge in [-0.05, 0) is 13.0 Å². The third-order valence-electron chi connectivity index (χ3n) is 2.65. The Labute approximate surface area is 127 Å². The van der Waals surface area contributed by atoms with Gasteiger partial charge in [-0.2, -0.15) is 0 Å². The van der Waals surface area contributed by atoms with E-state index < -0.39 is 47.9 Å². The second-order valence-electron chi connectivity index (χ2n) is 4.22. The monoisotopic (exact) mass is 359 g/mol. The van der Waals surface area contributed by atoms with Crippen molar-refractivity contribution in [3.05, 3.63) is 29.3 Å². The molecule has 0 saturated heterocycles. The molecule has 21 heavy (non-hydrogen) atoms. The molecule has 0 aliphatic rings. The lowest BCUT2D eigenvalue weighted by atomic mass is 10.2. The van der Waals surface area contributed by atoms with Gasteiger partial charge in [-0.1, -0.05) is 0 Å². The third-order valence-corrected chi connectivity index (χ3v) is 5.28. The largest absolute Gasteiger partial charge is 0.351 e. The smallest absolute Gasteiger partial charge is 0.264 e. The molecule has 1 rings (SSSR count). The van der Waals surface area contributed by atoms with Gasteiger partial charge in [0.05, 0.1) is 5.56 Å². The fourth-order valence-electron chi connectivity index (χ4n) is 1.34. The zero-order valence-corrected chi connectivity index (χ0v) is 13.4. The molecule has 0 radical (unpaired) electrons. The number of nitrogens with one attached hydrogen (secondary N) is 1. The maximum absolute atomic E-state index is 13.6. The average molecular weight is 360 g/mol. The van der Waals surface area contributed by atoms with Crippen molar-refractivity contribution in [1.29, 1.82) is 0 Å². The summed E-state index contributed by atoms with van der Waals surface area (Å²) in [6.07, 6.45) is 1.44. The molecule has 0 bridgehead atoms. The average Bonchev–Trinajstić information content (AvgIpc) is 2.33. The minimum absolute atomic E-state index is 0.0122. The zero-order valence-electron chi connectivity index (χ0n) is 11.0. The molecular formula is C11H12ClF2NO4S2. The summed E-state index contributed by atoms with van der Waals surface area (Å²) in [5.74, 6) is -3.56. The highest BCUT2D eigenvalue weighted by Crippen LogP contribution is 2.22. The summed E-state index contributed by atoms with van der Waals surface area (Å²) in [5, 5.41) is 1.91. The molecule has 0 fully saturated rings. The zero-order chi connectivity index (χ0) is 16.4. The predicted octanol–water partition coefficient (Wildman–Crippen LogP) is 1.39. The number of rotatable bonds is 5. The normalized spacial score (nSPS) is 14.5. The van der Waals surface area contributed by atoms with Gasteiger partial charge in [0, 0.05) is 45.6 Å². The first-order valence-corrected chi connectivity index (χ1v) is 9.51. The first-order chi connectivity index (χ1) is 9.54. The van der Waals surface area contributed by atoms with Gasteiger partial charge in [0.25, 0.3) is 15.0 Å². The molecule has 1 aromatic rings. The molecule has 0 aliphatic carbocycles. The molecule has 1 N–H and O–H groups in total. The van der Waals surface area contributed by atoms with Crippen LogP contribution in [0.5, 0.6) is 0 Å². The Hall–Kier alpha value is -1.06. The van der Waals surface area contributed by atoms with Gasteiger partial charge < -0.3 is 5.32 Å². The summed E-state index contributed by atoms with van der Waals surface area (Å²) in [6.45, 7) is 1.59. The number of benzene rings is 1. The van der Waals surface area contributed by atoms with Crippen molar-refractivity contribution in [1.82, 2.24) is 5.32 Å². The Kier molecular flexibility index (Phi) is 5.83. The van der Waals surface area contributed by atoms with E-state index in [0.29, 0.717) is 6.07 Å². The van der Waals surface area contributed by atoms with Crippen LogP contribution in [0.4, 0.5) is 8.78 Å². The van der Waals surface area contributed by atoms with Gasteiger partial charge in [-0.15, -0.1) is 0 Å². The highest BCUT2D eigenvalue weighted by molar-refractivity contribution is 8.13. The Balaban J connectivity index is 3.08. The van der Waals surface area contributed by atoms with Gasteiger partial charge in [-0.3, -0.25) is 9.00 Å². The summed E-state index contributed by atoms with van der Waals surface area (Å²) in [4.78, 5) is 10.8. The number of hydrogen-bond donors (Lipinski definition) is 1. The van der Waals surface area contributed by atoms with Gasteiger partial charge in [0.15, 0.2) is 0 Å². The lowest BCUT2D eigenvalue weighted by Crippen LogP contribution is -2.33. The Morgan fingerprint density at radius 3 is 2.43 bits per heavy atom. The third kappa shape index (κ3) is 4.72. The van der Waals surface area contributed by atoms with E-state index in [0.717, 1.165) is 0 Å². The van der Waals surface area contributed by atoms with E-state index >= 15 is 0 Å². The number of hydrogen-bond acceptors (Lipinski definition) is 4. The molecule has 1 aromatic carbocycles. The highest BCUT2D eigenvalue weighted by atomic mass is 35.7. The van der Waals surface area contributed by atoms with Crippen molar-refractivity contribution in [2.45, 2.75) is 17.1 Å². The van der Waals surface area contributed by atoms with Gasteiger partial charge >= 0.3 is 0 Å². The Morgan fingerprint density at radius 2 is 1.95 bits per heavy atom. The first kappa shape index (κ1) is 18.0. The molecule has 2 atom stereocenters. The predicted molar refractivity (Wildman–Crippen MR) is 75.3 cm³/mol. The summed E-state index contributed by atoms with van der Waals surface area (Å²) < 4.78 is 60.3. The number of carbonyl (C=O) groups excluding carboxylic acids is 1. The fourth-order valence-corrected chi connectivity index (χ4v) is 2.56. The summed E-state index contributed by atoms with van der Waals surface area (Å²) in [6, 6.07) is 0.793. The molecule has 0 saturated carbocycles. The molecule has 0 spiro atoms. The quantitative estimate of drug-likeness (QED) is 0.806. The first-order valence-electron chi connectivity index (χ1n) is 5.58. The summed E-state index contributed by atoms with van der Waals surface area (Å²) in [7, 11) is -0.645. The van der Waals surface area contributed by atoms with E-state index in [1.54, 1.807) is 6.92 Å². The van der Waals surface area contributed by atoms with Gasteiger partial charge in [0.1, 0.15) is 16.5 Å². The molecule has 0 heterocycles. The molecular weight excluding hydrogens is 348 g/mol. The van der Waals surface area contributed by atoms with Gasteiger partial charge in [0.2, 0.25) is 0 Å². The standard InChI is InChI=1S/C11H12ClF2NO4S2/c1-6(20(2)17)5-15-11(16)7-3-10(21(12,18)19)9(14)4-8(7)13/h3-4,6H,5H2,1-2H3,(H,15,16). The molecule has 1 amide bonds. The van der Waals surface area contributed by atoms with Crippen LogP contribution < -0.4 is 5.32 Å². The highest BCUT2D eigenvalue weighted by Gasteiger charge is 2.23. The van der Waals surface area contributed by atoms with E-state index in [2.05, 4.69) is 5.32 Å². The fraction of sp³-hybridized carbons (Fsp3) is 0.364.